The molecular weight excluding hydrogens is 233 g/mol. The number of benzene rings is 1. The Morgan fingerprint density at radius 3 is 2.50 bits per heavy atom. The van der Waals surface area contributed by atoms with Crippen LogP contribution in [0.3, 0.4) is 0 Å². The van der Waals surface area contributed by atoms with Crippen LogP contribution in [0.4, 0.5) is 4.39 Å². The molecule has 0 unspecified atom stereocenters. The molecule has 2 rings (SSSR count). The summed E-state index contributed by atoms with van der Waals surface area (Å²) in [5.41, 5.74) is 2.20. The fraction of sp³-hybridized carbons (Fsp3) is 0.214. The van der Waals surface area contributed by atoms with Crippen LogP contribution < -0.4 is 4.74 Å². The number of hydrogen-bond acceptors (Lipinski definition) is 3. The monoisotopic (exact) mass is 249 g/mol. The van der Waals surface area contributed by atoms with Crippen LogP contribution in [0.1, 0.15) is 11.1 Å². The molecule has 0 aliphatic rings. The Hall–Kier alpha value is -2.10. The number of fused-ring (bicyclic) bond motifs is 1. The summed E-state index contributed by atoms with van der Waals surface area (Å²) in [6.45, 7) is 6.59. The number of ether oxygens (including phenoxy) is 1. The van der Waals surface area contributed by atoms with E-state index in [-0.39, 0.29) is 0 Å². The maximum absolute atomic E-state index is 13.3. The number of rotatable bonds is 1. The molecule has 0 amide bonds. The normalized spacial score (nSPS) is 9.56. The molecule has 0 fully saturated rings. The Bertz CT molecular complexity index is 567. The lowest BCUT2D eigenvalue weighted by Crippen LogP contribution is -1.93. The highest BCUT2D eigenvalue weighted by Crippen LogP contribution is 2.26. The first kappa shape index (κ1) is 14.0. The summed E-state index contributed by atoms with van der Waals surface area (Å²) in [6.07, 6.45) is 0.750. The largest absolute Gasteiger partial charge is 0.516 e. The third-order valence-corrected chi connectivity index (χ3v) is 2.38. The number of methoxy groups -OCH3 is 1. The number of hydrogen-bond donors (Lipinski definition) is 1. The molecule has 0 aliphatic carbocycles. The van der Waals surface area contributed by atoms with E-state index in [0.717, 1.165) is 17.2 Å². The summed E-state index contributed by atoms with van der Waals surface area (Å²) in [7, 11) is 1.56. The summed E-state index contributed by atoms with van der Waals surface area (Å²) in [5, 5.41) is 8.24. The van der Waals surface area contributed by atoms with Gasteiger partial charge in [0.1, 0.15) is 11.3 Å². The second-order valence-corrected chi connectivity index (χ2v) is 3.82. The number of aliphatic hydroxyl groups is 1. The van der Waals surface area contributed by atoms with E-state index in [0.29, 0.717) is 16.8 Å². The van der Waals surface area contributed by atoms with Gasteiger partial charge in [0.25, 0.3) is 0 Å². The molecule has 1 aromatic heterocycles. The van der Waals surface area contributed by atoms with Gasteiger partial charge in [-0.25, -0.2) is 4.98 Å². The first-order chi connectivity index (χ1) is 8.53. The molecule has 0 radical (unpaired) electrons. The van der Waals surface area contributed by atoms with Crippen molar-refractivity contribution < 1.29 is 14.2 Å². The molecule has 3 nitrogen and oxygen atoms in total. The predicted octanol–water partition coefficient (Wildman–Crippen LogP) is 3.69. The molecule has 1 heterocycles. The number of aliphatic hydroxyl groups excluding tert-OH is 1. The summed E-state index contributed by atoms with van der Waals surface area (Å²) in [4.78, 5) is 3.90. The fourth-order valence-electron chi connectivity index (χ4n) is 1.64. The topological polar surface area (TPSA) is 42.4 Å². The second-order valence-electron chi connectivity index (χ2n) is 3.82. The average molecular weight is 249 g/mol. The van der Waals surface area contributed by atoms with Crippen molar-refractivity contribution in [1.82, 2.24) is 4.98 Å². The quantitative estimate of drug-likeness (QED) is 0.619. The van der Waals surface area contributed by atoms with Gasteiger partial charge < -0.3 is 9.84 Å². The summed E-state index contributed by atoms with van der Waals surface area (Å²) < 4.78 is 18.5. The molecule has 2 aromatic rings. The van der Waals surface area contributed by atoms with Crippen LogP contribution in [-0.4, -0.2) is 17.2 Å². The number of aromatic nitrogens is 1. The van der Waals surface area contributed by atoms with Gasteiger partial charge in [0.15, 0.2) is 0 Å². The van der Waals surface area contributed by atoms with Gasteiger partial charge in [-0.3, -0.25) is 0 Å². The molecule has 0 atom stereocenters. The molecule has 96 valence electrons. The van der Waals surface area contributed by atoms with Crippen LogP contribution in [0.5, 0.6) is 5.75 Å². The molecular formula is C14H16FNO2. The van der Waals surface area contributed by atoms with Gasteiger partial charge in [-0.1, -0.05) is 6.58 Å². The highest BCUT2D eigenvalue weighted by Gasteiger charge is 2.07. The van der Waals surface area contributed by atoms with E-state index in [1.807, 2.05) is 19.1 Å². The van der Waals surface area contributed by atoms with E-state index in [2.05, 4.69) is 11.6 Å². The molecule has 0 aliphatic heterocycles. The number of pyridine rings is 1. The Labute approximate surface area is 106 Å². The third kappa shape index (κ3) is 2.97. The Morgan fingerprint density at radius 1 is 1.33 bits per heavy atom. The van der Waals surface area contributed by atoms with Crippen molar-refractivity contribution in [3.8, 4) is 5.75 Å². The third-order valence-electron chi connectivity index (χ3n) is 2.38. The molecule has 1 aromatic carbocycles. The number of aryl methyl sites for hydroxylation is 2. The molecule has 1 N–H and O–H groups in total. The molecule has 0 saturated heterocycles. The van der Waals surface area contributed by atoms with E-state index >= 15 is 0 Å². The Morgan fingerprint density at radius 2 is 1.94 bits per heavy atom. The van der Waals surface area contributed by atoms with E-state index in [1.165, 1.54) is 0 Å². The van der Waals surface area contributed by atoms with E-state index < -0.39 is 5.95 Å². The highest BCUT2D eigenvalue weighted by molar-refractivity contribution is 5.85. The number of halogens is 1. The summed E-state index contributed by atoms with van der Waals surface area (Å²) in [5.74, 6) is 0.175. The Kier molecular flexibility index (Phi) is 4.66. The van der Waals surface area contributed by atoms with E-state index in [1.54, 1.807) is 20.1 Å². The van der Waals surface area contributed by atoms with Gasteiger partial charge in [0.05, 0.1) is 13.4 Å². The highest BCUT2D eigenvalue weighted by atomic mass is 19.1. The zero-order valence-corrected chi connectivity index (χ0v) is 10.7. The van der Waals surface area contributed by atoms with Crippen molar-refractivity contribution in [1.29, 1.82) is 0 Å². The standard InChI is InChI=1S/C12H12FNO.C2H4O/c1-7-4-9-6-8(2)12(13)14-11(9)10(5-7)15-3;1-2-3/h4-6H,1-3H3;2-3H,1H2. The number of nitrogens with zero attached hydrogens (tertiary/aromatic N) is 1. The summed E-state index contributed by atoms with van der Waals surface area (Å²) in [6, 6.07) is 5.61. The lowest BCUT2D eigenvalue weighted by Gasteiger charge is -2.07. The van der Waals surface area contributed by atoms with Crippen molar-refractivity contribution in [3.05, 3.63) is 48.1 Å². The first-order valence-corrected chi connectivity index (χ1v) is 5.40. The van der Waals surface area contributed by atoms with Crippen molar-refractivity contribution in [2.24, 2.45) is 0 Å². The lowest BCUT2D eigenvalue weighted by atomic mass is 10.1. The van der Waals surface area contributed by atoms with Crippen molar-refractivity contribution >= 4 is 10.9 Å². The molecule has 0 spiro atoms. The average Bonchev–Trinajstić information content (AvgIpc) is 2.31. The molecule has 4 heteroatoms. The Balaban J connectivity index is 0.000000492. The van der Waals surface area contributed by atoms with Crippen LogP contribution in [0.25, 0.3) is 10.9 Å². The van der Waals surface area contributed by atoms with E-state index in [4.69, 9.17) is 9.84 Å². The van der Waals surface area contributed by atoms with Gasteiger partial charge in [-0.2, -0.15) is 4.39 Å². The van der Waals surface area contributed by atoms with Crippen LogP contribution >= 0.6 is 0 Å². The second kappa shape index (κ2) is 6.00. The van der Waals surface area contributed by atoms with Gasteiger partial charge in [-0.15, -0.1) is 0 Å². The van der Waals surface area contributed by atoms with Crippen LogP contribution in [0, 0.1) is 19.8 Å². The molecule has 18 heavy (non-hydrogen) atoms. The predicted molar refractivity (Wildman–Crippen MR) is 70.6 cm³/mol. The molecule has 0 saturated carbocycles. The zero-order valence-electron chi connectivity index (χ0n) is 10.7. The van der Waals surface area contributed by atoms with Gasteiger partial charge in [-0.05, 0) is 37.6 Å². The lowest BCUT2D eigenvalue weighted by molar-refractivity contribution is 0.418. The van der Waals surface area contributed by atoms with Crippen molar-refractivity contribution in [2.75, 3.05) is 7.11 Å². The van der Waals surface area contributed by atoms with Crippen molar-refractivity contribution in [2.45, 2.75) is 13.8 Å². The van der Waals surface area contributed by atoms with Crippen LogP contribution in [-0.2, 0) is 0 Å². The minimum Gasteiger partial charge on any atom is -0.516 e. The van der Waals surface area contributed by atoms with Crippen molar-refractivity contribution in [3.63, 3.8) is 0 Å². The van der Waals surface area contributed by atoms with Gasteiger partial charge >= 0.3 is 0 Å². The van der Waals surface area contributed by atoms with Crippen LogP contribution in [0.15, 0.2) is 31.0 Å². The van der Waals surface area contributed by atoms with Crippen LogP contribution in [0.2, 0.25) is 0 Å². The first-order valence-electron chi connectivity index (χ1n) is 5.40. The smallest absolute Gasteiger partial charge is 0.216 e. The zero-order chi connectivity index (χ0) is 13.7. The minimum absolute atomic E-state index is 0.440. The molecule has 0 bridgehead atoms. The fourth-order valence-corrected chi connectivity index (χ4v) is 1.64. The SMILES string of the molecule is C=CO.COc1cc(C)cc2cc(C)c(F)nc12. The summed E-state index contributed by atoms with van der Waals surface area (Å²) >= 11 is 0. The maximum atomic E-state index is 13.3. The minimum atomic E-state index is -0.440. The van der Waals surface area contributed by atoms with E-state index in [9.17, 15) is 4.39 Å². The van der Waals surface area contributed by atoms with Gasteiger partial charge in [0.2, 0.25) is 5.95 Å². The maximum Gasteiger partial charge on any atom is 0.216 e. The van der Waals surface area contributed by atoms with Gasteiger partial charge in [0, 0.05) is 10.9 Å².